The number of nitro benzene ring substituents is 1. The molecule has 0 atom stereocenters. The van der Waals surface area contributed by atoms with E-state index in [0.717, 1.165) is 31.6 Å². The van der Waals surface area contributed by atoms with Crippen molar-refractivity contribution in [1.29, 1.82) is 0 Å². The number of nitrogens with one attached hydrogen (secondary N) is 1. The lowest BCUT2D eigenvalue weighted by molar-refractivity contribution is -0.384. The van der Waals surface area contributed by atoms with Gasteiger partial charge in [-0.1, -0.05) is 36.8 Å². The lowest BCUT2D eigenvalue weighted by Crippen LogP contribution is -2.31. The lowest BCUT2D eigenvalue weighted by Gasteiger charge is -2.26. The molecular formula is C23H25N3O4. The van der Waals surface area contributed by atoms with Crippen LogP contribution in [0.5, 0.6) is 5.75 Å². The minimum Gasteiger partial charge on any atom is -0.491 e. The molecule has 0 amide bonds. The van der Waals surface area contributed by atoms with Crippen molar-refractivity contribution in [2.24, 2.45) is 0 Å². The highest BCUT2D eigenvalue weighted by atomic mass is 16.6. The molecule has 1 saturated heterocycles. The number of H-pyrrole nitrogens is 1. The maximum absolute atomic E-state index is 12.7. The average molecular weight is 407 g/mol. The zero-order valence-electron chi connectivity index (χ0n) is 16.8. The summed E-state index contributed by atoms with van der Waals surface area (Å²) in [5.74, 6) is 0.560. The van der Waals surface area contributed by atoms with Crippen molar-refractivity contribution in [3.8, 4) is 17.0 Å². The Hall–Kier alpha value is -3.19. The topological polar surface area (TPSA) is 88.5 Å². The number of fused-ring (bicyclic) bond motifs is 1. The van der Waals surface area contributed by atoms with Gasteiger partial charge in [-0.15, -0.1) is 0 Å². The van der Waals surface area contributed by atoms with E-state index in [2.05, 4.69) is 9.88 Å². The summed E-state index contributed by atoms with van der Waals surface area (Å²) in [5.41, 5.74) is 0.950. The molecule has 0 bridgehead atoms. The highest BCUT2D eigenvalue weighted by molar-refractivity contribution is 5.94. The van der Waals surface area contributed by atoms with E-state index in [0.29, 0.717) is 23.4 Å². The molecule has 1 aromatic heterocycles. The van der Waals surface area contributed by atoms with Gasteiger partial charge in [-0.25, -0.2) is 0 Å². The van der Waals surface area contributed by atoms with Crippen LogP contribution in [-0.2, 0) is 0 Å². The van der Waals surface area contributed by atoms with Gasteiger partial charge in [0.25, 0.3) is 11.2 Å². The fourth-order valence-electron chi connectivity index (χ4n) is 4.01. The van der Waals surface area contributed by atoms with Gasteiger partial charge in [-0.3, -0.25) is 14.9 Å². The zero-order valence-corrected chi connectivity index (χ0v) is 16.8. The smallest absolute Gasteiger partial charge is 0.270 e. The first-order valence-corrected chi connectivity index (χ1v) is 10.4. The third-order valence-corrected chi connectivity index (χ3v) is 5.55. The standard InChI is InChI=1S/C23H25N3O4/c27-23-20-16-18(26(28)29)10-11-19(20)22(21(24-23)17-8-3-1-4-9-17)30-15-7-14-25-12-5-2-6-13-25/h1,3-4,8-11,16H,2,5-7,12-15H2,(H,24,27). The van der Waals surface area contributed by atoms with Gasteiger partial charge in [0.1, 0.15) is 0 Å². The number of rotatable bonds is 7. The minimum atomic E-state index is -0.497. The molecule has 2 heterocycles. The first-order valence-electron chi connectivity index (χ1n) is 10.4. The van der Waals surface area contributed by atoms with Gasteiger partial charge in [0.15, 0.2) is 5.75 Å². The molecule has 1 N–H and O–H groups in total. The van der Waals surface area contributed by atoms with Crippen LogP contribution in [-0.4, -0.2) is 41.0 Å². The molecule has 30 heavy (non-hydrogen) atoms. The van der Waals surface area contributed by atoms with E-state index in [1.807, 2.05) is 30.3 Å². The van der Waals surface area contributed by atoms with E-state index in [4.69, 9.17) is 4.74 Å². The third-order valence-electron chi connectivity index (χ3n) is 5.55. The fourth-order valence-corrected chi connectivity index (χ4v) is 4.01. The van der Waals surface area contributed by atoms with Crippen molar-refractivity contribution in [2.75, 3.05) is 26.2 Å². The number of aromatic nitrogens is 1. The molecule has 7 nitrogen and oxygen atoms in total. The summed E-state index contributed by atoms with van der Waals surface area (Å²) in [6, 6.07) is 13.8. The molecule has 1 fully saturated rings. The number of ether oxygens (including phenoxy) is 1. The highest BCUT2D eigenvalue weighted by Crippen LogP contribution is 2.34. The third kappa shape index (κ3) is 4.36. The first kappa shape index (κ1) is 20.1. The number of non-ortho nitro benzene ring substituents is 1. The Morgan fingerprint density at radius 2 is 1.80 bits per heavy atom. The molecule has 7 heteroatoms. The number of likely N-dealkylation sites (tertiary alicyclic amines) is 1. The Balaban J connectivity index is 1.66. The minimum absolute atomic E-state index is 0.114. The van der Waals surface area contributed by atoms with Crippen LogP contribution in [0.2, 0.25) is 0 Å². The van der Waals surface area contributed by atoms with Crippen LogP contribution >= 0.6 is 0 Å². The van der Waals surface area contributed by atoms with Crippen molar-refractivity contribution in [3.63, 3.8) is 0 Å². The largest absolute Gasteiger partial charge is 0.491 e. The van der Waals surface area contributed by atoms with Gasteiger partial charge < -0.3 is 14.6 Å². The second kappa shape index (κ2) is 9.09. The fraction of sp³-hybridized carbons (Fsp3) is 0.348. The van der Waals surface area contributed by atoms with Crippen molar-refractivity contribution in [3.05, 3.63) is 69.0 Å². The van der Waals surface area contributed by atoms with Crippen molar-refractivity contribution < 1.29 is 9.66 Å². The maximum atomic E-state index is 12.7. The van der Waals surface area contributed by atoms with Crippen LogP contribution < -0.4 is 10.3 Å². The number of nitrogens with zero attached hydrogens (tertiary/aromatic N) is 2. The molecule has 3 aromatic rings. The van der Waals surface area contributed by atoms with E-state index < -0.39 is 4.92 Å². The van der Waals surface area contributed by atoms with E-state index >= 15 is 0 Å². The molecule has 156 valence electrons. The highest BCUT2D eigenvalue weighted by Gasteiger charge is 2.18. The van der Waals surface area contributed by atoms with Crippen LogP contribution in [0.3, 0.4) is 0 Å². The number of aromatic amines is 1. The summed E-state index contributed by atoms with van der Waals surface area (Å²) in [6.45, 7) is 3.77. The normalized spacial score (nSPS) is 14.7. The van der Waals surface area contributed by atoms with Gasteiger partial charge in [0, 0.05) is 29.6 Å². The maximum Gasteiger partial charge on any atom is 0.270 e. The predicted molar refractivity (Wildman–Crippen MR) is 117 cm³/mol. The number of pyridine rings is 1. The monoisotopic (exact) mass is 407 g/mol. The molecule has 0 spiro atoms. The number of hydrogen-bond donors (Lipinski definition) is 1. The van der Waals surface area contributed by atoms with Gasteiger partial charge in [-0.2, -0.15) is 0 Å². The Kier molecular flexibility index (Phi) is 6.09. The van der Waals surface area contributed by atoms with Crippen LogP contribution in [0, 0.1) is 10.1 Å². The molecule has 0 radical (unpaired) electrons. The van der Waals surface area contributed by atoms with Gasteiger partial charge in [0.2, 0.25) is 0 Å². The van der Waals surface area contributed by atoms with E-state index in [-0.39, 0.29) is 16.6 Å². The Bertz CT molecular complexity index is 1090. The Morgan fingerprint density at radius 1 is 1.03 bits per heavy atom. The molecule has 0 saturated carbocycles. The second-order valence-corrected chi connectivity index (χ2v) is 7.62. The lowest BCUT2D eigenvalue weighted by atomic mass is 10.0. The molecule has 1 aliphatic rings. The Labute approximate surface area is 174 Å². The van der Waals surface area contributed by atoms with Crippen LogP contribution in [0.25, 0.3) is 22.0 Å². The number of hydrogen-bond acceptors (Lipinski definition) is 5. The number of piperidine rings is 1. The second-order valence-electron chi connectivity index (χ2n) is 7.62. The summed E-state index contributed by atoms with van der Waals surface area (Å²) in [6.07, 6.45) is 4.69. The SMILES string of the molecule is O=c1[nH]c(-c2ccccc2)c(OCCCN2CCCCC2)c2ccc([N+](=O)[O-])cc12. The van der Waals surface area contributed by atoms with Crippen molar-refractivity contribution in [2.45, 2.75) is 25.7 Å². The molecular weight excluding hydrogens is 382 g/mol. The van der Waals surface area contributed by atoms with E-state index in [9.17, 15) is 14.9 Å². The molecule has 4 rings (SSSR count). The zero-order chi connectivity index (χ0) is 20.9. The predicted octanol–water partition coefficient (Wildman–Crippen LogP) is 4.36. The summed E-state index contributed by atoms with van der Waals surface area (Å²) >= 11 is 0. The van der Waals surface area contributed by atoms with Crippen LogP contribution in [0.1, 0.15) is 25.7 Å². The summed E-state index contributed by atoms with van der Waals surface area (Å²) < 4.78 is 6.18. The number of nitro groups is 1. The summed E-state index contributed by atoms with van der Waals surface area (Å²) in [5, 5.41) is 12.0. The quantitative estimate of drug-likeness (QED) is 0.357. The molecule has 0 unspecified atom stereocenters. The van der Waals surface area contributed by atoms with Gasteiger partial charge in [-0.05, 0) is 38.4 Å². The van der Waals surface area contributed by atoms with Gasteiger partial charge >= 0.3 is 0 Å². The van der Waals surface area contributed by atoms with Gasteiger partial charge in [0.05, 0.1) is 22.6 Å². The van der Waals surface area contributed by atoms with Crippen molar-refractivity contribution >= 4 is 16.5 Å². The van der Waals surface area contributed by atoms with E-state index in [1.165, 1.54) is 31.4 Å². The Morgan fingerprint density at radius 3 is 2.53 bits per heavy atom. The average Bonchev–Trinajstić information content (AvgIpc) is 2.78. The molecule has 1 aliphatic heterocycles. The van der Waals surface area contributed by atoms with Crippen molar-refractivity contribution in [1.82, 2.24) is 9.88 Å². The number of benzene rings is 2. The van der Waals surface area contributed by atoms with E-state index in [1.54, 1.807) is 6.07 Å². The molecule has 0 aliphatic carbocycles. The van der Waals surface area contributed by atoms with Crippen LogP contribution in [0.15, 0.2) is 53.3 Å². The summed E-state index contributed by atoms with van der Waals surface area (Å²) in [7, 11) is 0. The molecule has 2 aromatic carbocycles. The van der Waals surface area contributed by atoms with Crippen LogP contribution in [0.4, 0.5) is 5.69 Å². The first-order chi connectivity index (χ1) is 14.6. The summed E-state index contributed by atoms with van der Waals surface area (Å²) in [4.78, 5) is 28.7.